The first-order valence-corrected chi connectivity index (χ1v) is 12.8. The number of carbonyl (C=O) groups excluding carboxylic acids is 2. The molecule has 2 amide bonds. The number of amides is 2. The van der Waals surface area contributed by atoms with Crippen LogP contribution in [0.15, 0.2) is 47.4 Å². The first-order chi connectivity index (χ1) is 16.5. The van der Waals surface area contributed by atoms with Gasteiger partial charge in [-0.1, -0.05) is 37.1 Å². The van der Waals surface area contributed by atoms with E-state index in [0.717, 1.165) is 47.0 Å². The summed E-state index contributed by atoms with van der Waals surface area (Å²) in [5.74, 6) is 1.57. The van der Waals surface area contributed by atoms with E-state index >= 15 is 0 Å². The minimum atomic E-state index is -1.01. The highest BCUT2D eigenvalue weighted by Gasteiger charge is 2.46. The maximum atomic E-state index is 14.0. The fourth-order valence-corrected chi connectivity index (χ4v) is 6.46. The van der Waals surface area contributed by atoms with Crippen LogP contribution in [-0.4, -0.2) is 45.8 Å². The lowest BCUT2D eigenvalue weighted by Crippen LogP contribution is -2.60. The van der Waals surface area contributed by atoms with Crippen LogP contribution in [0.4, 0.5) is 0 Å². The number of benzene rings is 2. The van der Waals surface area contributed by atoms with E-state index in [1.165, 1.54) is 0 Å². The van der Waals surface area contributed by atoms with Crippen LogP contribution in [0, 0.1) is 0 Å². The number of thioether (sulfide) groups is 1. The minimum Gasteiger partial charge on any atom is -0.454 e. The predicted molar refractivity (Wildman–Crippen MR) is 130 cm³/mol. The van der Waals surface area contributed by atoms with Gasteiger partial charge in [-0.2, -0.15) is 0 Å². The zero-order valence-electron chi connectivity index (χ0n) is 19.1. The molecule has 2 aliphatic heterocycles. The van der Waals surface area contributed by atoms with Crippen LogP contribution in [0.1, 0.15) is 48.7 Å². The molecular formula is C26H27N3O4S. The molecule has 1 aromatic heterocycles. The Kier molecular flexibility index (Phi) is 5.21. The standard InChI is InChI=1S/C26H27N3O4S/c1-26(25(31)27-17-6-2-3-7-17)14-34-23-18-8-4-5-9-19(18)28-22(23)24(30)29(26)13-16-10-11-20-21(12-16)33-15-32-20/h4-5,8-12,17,28H,2-3,6-7,13-15H2,1H3,(H,27,31). The molecule has 8 heteroatoms. The van der Waals surface area contributed by atoms with Crippen molar-refractivity contribution in [2.45, 2.75) is 55.6 Å². The van der Waals surface area contributed by atoms with Gasteiger partial charge in [-0.25, -0.2) is 0 Å². The van der Waals surface area contributed by atoms with Gasteiger partial charge in [-0.05, 0) is 43.5 Å². The third-order valence-corrected chi connectivity index (χ3v) is 8.59. The topological polar surface area (TPSA) is 83.7 Å². The minimum absolute atomic E-state index is 0.0875. The number of ether oxygens (including phenoxy) is 2. The molecule has 1 fully saturated rings. The number of fused-ring (bicyclic) bond motifs is 4. The quantitative estimate of drug-likeness (QED) is 0.580. The van der Waals surface area contributed by atoms with Crippen molar-refractivity contribution in [1.29, 1.82) is 0 Å². The molecule has 3 aromatic rings. The summed E-state index contributed by atoms with van der Waals surface area (Å²) >= 11 is 1.58. The maximum absolute atomic E-state index is 14.0. The van der Waals surface area contributed by atoms with Gasteiger partial charge in [0.2, 0.25) is 12.7 Å². The smallest absolute Gasteiger partial charge is 0.272 e. The summed E-state index contributed by atoms with van der Waals surface area (Å²) in [7, 11) is 0. The molecule has 1 unspecified atom stereocenters. The molecule has 1 atom stereocenters. The van der Waals surface area contributed by atoms with E-state index in [1.54, 1.807) is 16.7 Å². The Balaban J connectivity index is 1.40. The van der Waals surface area contributed by atoms with Crippen LogP contribution < -0.4 is 14.8 Å². The van der Waals surface area contributed by atoms with Gasteiger partial charge in [-0.15, -0.1) is 11.8 Å². The van der Waals surface area contributed by atoms with Crippen LogP contribution in [0.5, 0.6) is 11.5 Å². The van der Waals surface area contributed by atoms with Gasteiger partial charge in [0.25, 0.3) is 5.91 Å². The average molecular weight is 478 g/mol. The van der Waals surface area contributed by atoms with Crippen LogP contribution in [-0.2, 0) is 11.3 Å². The molecule has 7 nitrogen and oxygen atoms in total. The summed E-state index contributed by atoms with van der Waals surface area (Å²) < 4.78 is 11.0. The van der Waals surface area contributed by atoms with Crippen molar-refractivity contribution >= 4 is 34.5 Å². The summed E-state index contributed by atoms with van der Waals surface area (Å²) in [5, 5.41) is 4.26. The van der Waals surface area contributed by atoms with Gasteiger partial charge in [-0.3, -0.25) is 9.59 Å². The Labute approximate surface area is 202 Å². The first kappa shape index (κ1) is 21.4. The van der Waals surface area contributed by atoms with Crippen LogP contribution in [0.2, 0.25) is 0 Å². The van der Waals surface area contributed by atoms with Crippen molar-refractivity contribution in [3.63, 3.8) is 0 Å². The van der Waals surface area contributed by atoms with Crippen molar-refractivity contribution in [3.05, 3.63) is 53.7 Å². The number of rotatable bonds is 4. The second kappa shape index (κ2) is 8.27. The van der Waals surface area contributed by atoms with E-state index in [4.69, 9.17) is 9.47 Å². The molecule has 2 aromatic carbocycles. The van der Waals surface area contributed by atoms with Gasteiger partial charge < -0.3 is 24.7 Å². The SMILES string of the molecule is CC1(C(=O)NC2CCCC2)CSc2c([nH]c3ccccc23)C(=O)N1Cc1ccc2c(c1)OCO2. The number of H-pyrrole nitrogens is 1. The van der Waals surface area contributed by atoms with E-state index in [0.29, 0.717) is 29.5 Å². The number of para-hydroxylation sites is 1. The average Bonchev–Trinajstić information content (AvgIpc) is 3.58. The summed E-state index contributed by atoms with van der Waals surface area (Å²) in [5.41, 5.74) is 1.35. The maximum Gasteiger partial charge on any atom is 0.272 e. The molecule has 0 bridgehead atoms. The van der Waals surface area contributed by atoms with Gasteiger partial charge >= 0.3 is 0 Å². The largest absolute Gasteiger partial charge is 0.454 e. The molecule has 0 radical (unpaired) electrons. The van der Waals surface area contributed by atoms with Crippen LogP contribution in [0.25, 0.3) is 10.9 Å². The molecule has 2 N–H and O–H groups in total. The summed E-state index contributed by atoms with van der Waals surface area (Å²) in [6.07, 6.45) is 4.25. The van der Waals surface area contributed by atoms with Crippen LogP contribution >= 0.6 is 11.8 Å². The lowest BCUT2D eigenvalue weighted by atomic mass is 9.98. The highest BCUT2D eigenvalue weighted by atomic mass is 32.2. The van der Waals surface area contributed by atoms with Crippen molar-refractivity contribution in [3.8, 4) is 11.5 Å². The normalized spacial score (nSPS) is 22.1. The molecule has 0 spiro atoms. The van der Waals surface area contributed by atoms with Crippen molar-refractivity contribution in [2.75, 3.05) is 12.5 Å². The Hall–Kier alpha value is -3.13. The molecule has 3 heterocycles. The Bertz CT molecular complexity index is 1280. The number of hydrogen-bond donors (Lipinski definition) is 2. The van der Waals surface area contributed by atoms with Crippen molar-refractivity contribution in [1.82, 2.24) is 15.2 Å². The van der Waals surface area contributed by atoms with E-state index in [9.17, 15) is 9.59 Å². The number of carbonyl (C=O) groups is 2. The lowest BCUT2D eigenvalue weighted by molar-refractivity contribution is -0.131. The Morgan fingerprint density at radius 3 is 2.82 bits per heavy atom. The summed E-state index contributed by atoms with van der Waals surface area (Å²) in [6.45, 7) is 2.38. The molecular weight excluding hydrogens is 450 g/mol. The van der Waals surface area contributed by atoms with E-state index < -0.39 is 5.54 Å². The number of nitrogens with one attached hydrogen (secondary N) is 2. The fourth-order valence-electron chi connectivity index (χ4n) is 5.13. The molecule has 34 heavy (non-hydrogen) atoms. The van der Waals surface area contributed by atoms with Crippen molar-refractivity contribution in [2.24, 2.45) is 0 Å². The lowest BCUT2D eigenvalue weighted by Gasteiger charge is -2.39. The molecule has 1 aliphatic carbocycles. The molecule has 0 saturated heterocycles. The summed E-state index contributed by atoms with van der Waals surface area (Å²) in [4.78, 5) is 33.7. The highest BCUT2D eigenvalue weighted by Crippen LogP contribution is 2.41. The van der Waals surface area contributed by atoms with Gasteiger partial charge in [0, 0.05) is 34.1 Å². The second-order valence-corrected chi connectivity index (χ2v) is 10.5. The van der Waals surface area contributed by atoms with E-state index in [1.807, 2.05) is 49.4 Å². The summed E-state index contributed by atoms with van der Waals surface area (Å²) in [6, 6.07) is 13.8. The van der Waals surface area contributed by atoms with Gasteiger partial charge in [0.1, 0.15) is 11.2 Å². The monoisotopic (exact) mass is 477 g/mol. The molecule has 1 saturated carbocycles. The van der Waals surface area contributed by atoms with Crippen LogP contribution in [0.3, 0.4) is 0 Å². The zero-order valence-corrected chi connectivity index (χ0v) is 19.9. The predicted octanol–water partition coefficient (Wildman–Crippen LogP) is 4.46. The number of aromatic nitrogens is 1. The van der Waals surface area contributed by atoms with Crippen molar-refractivity contribution < 1.29 is 19.1 Å². The number of nitrogens with zero attached hydrogens (tertiary/aromatic N) is 1. The van der Waals surface area contributed by atoms with Gasteiger partial charge in [0.15, 0.2) is 11.5 Å². The fraction of sp³-hybridized carbons (Fsp3) is 0.385. The third kappa shape index (κ3) is 3.52. The first-order valence-electron chi connectivity index (χ1n) is 11.8. The van der Waals surface area contributed by atoms with E-state index in [-0.39, 0.29) is 24.6 Å². The zero-order chi connectivity index (χ0) is 23.3. The second-order valence-electron chi connectivity index (χ2n) is 9.47. The Morgan fingerprint density at radius 1 is 1.18 bits per heavy atom. The third-order valence-electron chi connectivity index (χ3n) is 7.17. The molecule has 6 rings (SSSR count). The Morgan fingerprint density at radius 2 is 1.97 bits per heavy atom. The number of aromatic amines is 1. The highest BCUT2D eigenvalue weighted by molar-refractivity contribution is 7.99. The number of hydrogen-bond acceptors (Lipinski definition) is 5. The molecule has 176 valence electrons. The van der Waals surface area contributed by atoms with Gasteiger partial charge in [0.05, 0.1) is 0 Å². The van der Waals surface area contributed by atoms with E-state index in [2.05, 4.69) is 10.3 Å². The molecule has 3 aliphatic rings.